The van der Waals surface area contributed by atoms with Crippen LogP contribution in [0.25, 0.3) is 0 Å². The van der Waals surface area contributed by atoms with Crippen molar-refractivity contribution in [1.82, 2.24) is 14.9 Å². The summed E-state index contributed by atoms with van der Waals surface area (Å²) in [6.07, 6.45) is 3.70. The van der Waals surface area contributed by atoms with E-state index in [4.69, 9.17) is 0 Å². The molecule has 0 N–H and O–H groups in total. The second kappa shape index (κ2) is 7.55. The quantitative estimate of drug-likeness (QED) is 0.837. The summed E-state index contributed by atoms with van der Waals surface area (Å²) in [7, 11) is 0. The lowest BCUT2D eigenvalue weighted by atomic mass is 10.1. The van der Waals surface area contributed by atoms with Gasteiger partial charge in [0.05, 0.1) is 0 Å². The van der Waals surface area contributed by atoms with Crippen LogP contribution in [0.3, 0.4) is 0 Å². The average Bonchev–Trinajstić information content (AvgIpc) is 3.25. The van der Waals surface area contributed by atoms with Crippen LogP contribution < -0.4 is 9.80 Å². The van der Waals surface area contributed by atoms with E-state index in [-0.39, 0.29) is 5.91 Å². The molecule has 0 saturated carbocycles. The molecule has 2 saturated heterocycles. The van der Waals surface area contributed by atoms with E-state index in [0.29, 0.717) is 5.69 Å². The topological polar surface area (TPSA) is 52.6 Å². The van der Waals surface area contributed by atoms with Gasteiger partial charge in [0.15, 0.2) is 0 Å². The van der Waals surface area contributed by atoms with Gasteiger partial charge < -0.3 is 14.7 Å². The second-order valence-corrected chi connectivity index (χ2v) is 7.45. The molecule has 142 valence electrons. The monoisotopic (exact) mass is 365 g/mol. The molecule has 2 aliphatic rings. The maximum absolute atomic E-state index is 12.6. The molecule has 6 nitrogen and oxygen atoms in total. The molecule has 0 atom stereocenters. The van der Waals surface area contributed by atoms with Gasteiger partial charge in [-0.15, -0.1) is 0 Å². The molecule has 0 radical (unpaired) electrons. The first-order chi connectivity index (χ1) is 13.1. The van der Waals surface area contributed by atoms with Gasteiger partial charge in [0.2, 0.25) is 0 Å². The lowest BCUT2D eigenvalue weighted by molar-refractivity contribution is 0.0787. The highest BCUT2D eigenvalue weighted by molar-refractivity contribution is 5.93. The Bertz CT molecular complexity index is 823. The van der Waals surface area contributed by atoms with Crippen LogP contribution in [0.1, 0.15) is 34.5 Å². The highest BCUT2D eigenvalue weighted by atomic mass is 16.2. The Morgan fingerprint density at radius 2 is 1.63 bits per heavy atom. The van der Waals surface area contributed by atoms with Gasteiger partial charge in [-0.2, -0.15) is 0 Å². The largest absolute Gasteiger partial charge is 0.368 e. The second-order valence-electron chi connectivity index (χ2n) is 7.45. The minimum atomic E-state index is 0.0326. The number of piperazine rings is 1. The molecular weight excluding hydrogens is 338 g/mol. The molecule has 1 aromatic heterocycles. The molecule has 4 rings (SSSR count). The zero-order valence-electron chi connectivity index (χ0n) is 16.2. The van der Waals surface area contributed by atoms with Crippen molar-refractivity contribution in [3.63, 3.8) is 0 Å². The molecule has 3 heterocycles. The molecule has 1 amide bonds. The van der Waals surface area contributed by atoms with Gasteiger partial charge in [-0.05, 0) is 43.9 Å². The third-order valence-electron chi connectivity index (χ3n) is 5.79. The van der Waals surface area contributed by atoms with Crippen molar-refractivity contribution in [1.29, 1.82) is 0 Å². The van der Waals surface area contributed by atoms with E-state index in [1.807, 2.05) is 11.0 Å². The number of likely N-dealkylation sites (tertiary alicyclic amines) is 1. The van der Waals surface area contributed by atoms with Crippen molar-refractivity contribution in [3.8, 4) is 0 Å². The van der Waals surface area contributed by atoms with Gasteiger partial charge in [-0.3, -0.25) is 4.79 Å². The number of nitrogens with zero attached hydrogens (tertiary/aromatic N) is 5. The minimum absolute atomic E-state index is 0.0326. The van der Waals surface area contributed by atoms with Crippen molar-refractivity contribution in [3.05, 3.63) is 47.4 Å². The number of hydrogen-bond acceptors (Lipinski definition) is 5. The van der Waals surface area contributed by atoms with E-state index in [1.165, 1.54) is 23.1 Å². The molecule has 0 bridgehead atoms. The number of carbonyl (C=O) groups is 1. The SMILES string of the molecule is Cc1cccc(N2CCN(c3cc(C(=O)N4CCCC4)ncn3)CC2)c1C. The number of hydrogen-bond donors (Lipinski definition) is 0. The number of amides is 1. The fourth-order valence-corrected chi connectivity index (χ4v) is 3.97. The number of aromatic nitrogens is 2. The first kappa shape index (κ1) is 17.8. The zero-order valence-corrected chi connectivity index (χ0v) is 16.2. The van der Waals surface area contributed by atoms with Crippen LogP contribution >= 0.6 is 0 Å². The standard InChI is InChI=1S/C21H27N5O/c1-16-6-5-7-19(17(16)2)24-10-12-25(13-11-24)20-14-18(22-15-23-20)21(27)26-8-3-4-9-26/h5-7,14-15H,3-4,8-13H2,1-2H3. The number of anilines is 2. The van der Waals surface area contributed by atoms with Crippen LogP contribution in [0.2, 0.25) is 0 Å². The normalized spacial score (nSPS) is 17.5. The smallest absolute Gasteiger partial charge is 0.272 e. The Balaban J connectivity index is 1.44. The Morgan fingerprint density at radius 1 is 0.926 bits per heavy atom. The zero-order chi connectivity index (χ0) is 18.8. The summed E-state index contributed by atoms with van der Waals surface area (Å²) < 4.78 is 0. The molecule has 2 aliphatic heterocycles. The molecule has 1 aromatic carbocycles. The highest BCUT2D eigenvalue weighted by Gasteiger charge is 2.23. The van der Waals surface area contributed by atoms with E-state index in [9.17, 15) is 4.79 Å². The first-order valence-electron chi connectivity index (χ1n) is 9.81. The Hall–Kier alpha value is -2.63. The molecule has 0 spiro atoms. The Labute approximate surface area is 160 Å². The van der Waals surface area contributed by atoms with E-state index in [1.54, 1.807) is 0 Å². The maximum atomic E-state index is 12.6. The molecule has 0 aliphatic carbocycles. The van der Waals surface area contributed by atoms with Gasteiger partial charge in [-0.1, -0.05) is 12.1 Å². The van der Waals surface area contributed by atoms with E-state index < -0.39 is 0 Å². The highest BCUT2D eigenvalue weighted by Crippen LogP contribution is 2.25. The third-order valence-corrected chi connectivity index (χ3v) is 5.79. The average molecular weight is 365 g/mol. The summed E-state index contributed by atoms with van der Waals surface area (Å²) >= 11 is 0. The third kappa shape index (κ3) is 3.61. The lowest BCUT2D eigenvalue weighted by Gasteiger charge is -2.37. The minimum Gasteiger partial charge on any atom is -0.368 e. The number of aryl methyl sites for hydroxylation is 1. The summed E-state index contributed by atoms with van der Waals surface area (Å²) in [6, 6.07) is 8.35. The van der Waals surface area contributed by atoms with E-state index >= 15 is 0 Å². The van der Waals surface area contributed by atoms with Crippen molar-refractivity contribution in [2.75, 3.05) is 49.1 Å². The predicted octanol–water partition coefficient (Wildman–Crippen LogP) is 2.66. The maximum Gasteiger partial charge on any atom is 0.272 e. The molecule has 6 heteroatoms. The Kier molecular flexibility index (Phi) is 4.97. The van der Waals surface area contributed by atoms with Crippen LogP contribution in [0.4, 0.5) is 11.5 Å². The fourth-order valence-electron chi connectivity index (χ4n) is 3.97. The Morgan fingerprint density at radius 3 is 2.37 bits per heavy atom. The van der Waals surface area contributed by atoms with Crippen LogP contribution in [-0.4, -0.2) is 60.0 Å². The fraction of sp³-hybridized carbons (Fsp3) is 0.476. The van der Waals surface area contributed by atoms with Crippen molar-refractivity contribution >= 4 is 17.4 Å². The molecular formula is C21H27N5O. The molecule has 27 heavy (non-hydrogen) atoms. The number of rotatable bonds is 3. The summed E-state index contributed by atoms with van der Waals surface area (Å²) in [6.45, 7) is 9.71. The van der Waals surface area contributed by atoms with Crippen molar-refractivity contribution < 1.29 is 4.79 Å². The van der Waals surface area contributed by atoms with E-state index in [2.05, 4.69) is 51.8 Å². The summed E-state index contributed by atoms with van der Waals surface area (Å²) in [5.74, 6) is 0.887. The molecule has 0 unspecified atom stereocenters. The van der Waals surface area contributed by atoms with Crippen LogP contribution in [0.15, 0.2) is 30.6 Å². The summed E-state index contributed by atoms with van der Waals surface area (Å²) in [5.41, 5.74) is 4.52. The number of benzene rings is 1. The van der Waals surface area contributed by atoms with Crippen LogP contribution in [0.5, 0.6) is 0 Å². The lowest BCUT2D eigenvalue weighted by Crippen LogP contribution is -2.47. The van der Waals surface area contributed by atoms with Crippen molar-refractivity contribution in [2.24, 2.45) is 0 Å². The van der Waals surface area contributed by atoms with Gasteiger partial charge in [0.1, 0.15) is 17.8 Å². The predicted molar refractivity (Wildman–Crippen MR) is 108 cm³/mol. The first-order valence-corrected chi connectivity index (χ1v) is 9.81. The van der Waals surface area contributed by atoms with E-state index in [0.717, 1.165) is 57.9 Å². The summed E-state index contributed by atoms with van der Waals surface area (Å²) in [4.78, 5) is 27.8. The molecule has 2 fully saturated rings. The molecule has 2 aromatic rings. The van der Waals surface area contributed by atoms with Gasteiger partial charge >= 0.3 is 0 Å². The van der Waals surface area contributed by atoms with Crippen LogP contribution in [-0.2, 0) is 0 Å². The van der Waals surface area contributed by atoms with Crippen molar-refractivity contribution in [2.45, 2.75) is 26.7 Å². The van der Waals surface area contributed by atoms with Gasteiger partial charge in [-0.25, -0.2) is 9.97 Å². The van der Waals surface area contributed by atoms with Gasteiger partial charge in [0, 0.05) is 51.0 Å². The van der Waals surface area contributed by atoms with Gasteiger partial charge in [0.25, 0.3) is 5.91 Å². The summed E-state index contributed by atoms with van der Waals surface area (Å²) in [5, 5.41) is 0. The van der Waals surface area contributed by atoms with Crippen LogP contribution in [0, 0.1) is 13.8 Å². The number of carbonyl (C=O) groups excluding carboxylic acids is 1.